The van der Waals surface area contributed by atoms with E-state index in [9.17, 15) is 14.0 Å². The van der Waals surface area contributed by atoms with Gasteiger partial charge in [-0.1, -0.05) is 24.3 Å². The van der Waals surface area contributed by atoms with Crippen LogP contribution in [0.5, 0.6) is 0 Å². The van der Waals surface area contributed by atoms with E-state index in [-0.39, 0.29) is 12.5 Å². The molecule has 0 aliphatic carbocycles. The summed E-state index contributed by atoms with van der Waals surface area (Å²) in [7, 11) is 0. The van der Waals surface area contributed by atoms with Gasteiger partial charge in [0.1, 0.15) is 11.9 Å². The van der Waals surface area contributed by atoms with Gasteiger partial charge in [0.2, 0.25) is 0 Å². The molecule has 0 saturated heterocycles. The van der Waals surface area contributed by atoms with Crippen molar-refractivity contribution in [1.29, 1.82) is 0 Å². The third-order valence-electron chi connectivity index (χ3n) is 4.45. The van der Waals surface area contributed by atoms with Gasteiger partial charge in [-0.2, -0.15) is 0 Å². The molecular weight excluding hydrogens is 377 g/mol. The molecule has 3 amide bonds. The van der Waals surface area contributed by atoms with Crippen LogP contribution in [0.4, 0.5) is 20.6 Å². The number of nitrogens with zero attached hydrogens (tertiary/aromatic N) is 1. The van der Waals surface area contributed by atoms with Crippen molar-refractivity contribution >= 4 is 23.3 Å². The molecule has 0 bridgehead atoms. The molecule has 154 valence electrons. The van der Waals surface area contributed by atoms with Crippen molar-refractivity contribution in [2.45, 2.75) is 26.2 Å². The molecule has 0 saturated carbocycles. The average Bonchev–Trinajstić information content (AvgIpc) is 2.94. The number of amides is 3. The summed E-state index contributed by atoms with van der Waals surface area (Å²) < 4.78 is 24.4. The van der Waals surface area contributed by atoms with Crippen LogP contribution in [0, 0.1) is 5.82 Å². The molecule has 1 heterocycles. The third-order valence-corrected chi connectivity index (χ3v) is 4.45. The summed E-state index contributed by atoms with van der Waals surface area (Å²) in [6, 6.07) is 11.3. The van der Waals surface area contributed by atoms with E-state index in [2.05, 4.69) is 10.6 Å². The molecule has 2 aromatic carbocycles. The average molecular weight is 401 g/mol. The van der Waals surface area contributed by atoms with Crippen molar-refractivity contribution in [3.8, 4) is 0 Å². The van der Waals surface area contributed by atoms with E-state index in [1.165, 1.54) is 18.2 Å². The molecule has 1 aliphatic heterocycles. The van der Waals surface area contributed by atoms with Gasteiger partial charge in [0.25, 0.3) is 5.91 Å². The second kappa shape index (κ2) is 9.49. The number of ether oxygens (including phenoxy) is 2. The molecule has 0 radical (unpaired) electrons. The van der Waals surface area contributed by atoms with Gasteiger partial charge < -0.3 is 25.0 Å². The number of carbonyl (C=O) groups is 2. The van der Waals surface area contributed by atoms with Crippen LogP contribution < -0.4 is 15.5 Å². The topological polar surface area (TPSA) is 79.9 Å². The van der Waals surface area contributed by atoms with Crippen LogP contribution in [-0.4, -0.2) is 38.0 Å². The number of carbonyl (C=O) groups excluding carboxylic acids is 2. The van der Waals surface area contributed by atoms with Crippen LogP contribution in [0.2, 0.25) is 0 Å². The van der Waals surface area contributed by atoms with Gasteiger partial charge in [-0.25, -0.2) is 9.18 Å². The lowest BCUT2D eigenvalue weighted by Crippen LogP contribution is -2.43. The lowest BCUT2D eigenvalue weighted by molar-refractivity contribution is -0.135. The number of anilines is 2. The summed E-state index contributed by atoms with van der Waals surface area (Å²) >= 11 is 0. The van der Waals surface area contributed by atoms with E-state index >= 15 is 0 Å². The van der Waals surface area contributed by atoms with Crippen LogP contribution in [-0.2, 0) is 14.3 Å². The highest BCUT2D eigenvalue weighted by atomic mass is 19.1. The molecule has 2 N–H and O–H groups in total. The van der Waals surface area contributed by atoms with Gasteiger partial charge in [-0.15, -0.1) is 0 Å². The van der Waals surface area contributed by atoms with E-state index in [4.69, 9.17) is 9.47 Å². The van der Waals surface area contributed by atoms with E-state index in [1.54, 1.807) is 23.1 Å². The molecule has 3 rings (SSSR count). The van der Waals surface area contributed by atoms with Gasteiger partial charge in [-0.3, -0.25) is 4.79 Å². The monoisotopic (exact) mass is 401 g/mol. The van der Waals surface area contributed by atoms with Crippen molar-refractivity contribution in [3.05, 3.63) is 59.9 Å². The van der Waals surface area contributed by atoms with Gasteiger partial charge in [0.15, 0.2) is 6.29 Å². The minimum Gasteiger partial charge on any atom is -0.351 e. The molecule has 0 aromatic heterocycles. The largest absolute Gasteiger partial charge is 0.351 e. The Morgan fingerprint density at radius 3 is 2.55 bits per heavy atom. The smallest absolute Gasteiger partial charge is 0.320 e. The fourth-order valence-corrected chi connectivity index (χ4v) is 3.25. The summed E-state index contributed by atoms with van der Waals surface area (Å²) in [5.74, 6) is -0.751. The number of halogens is 1. The summed E-state index contributed by atoms with van der Waals surface area (Å²) in [5, 5.41) is 5.22. The van der Waals surface area contributed by atoms with Crippen LogP contribution in [0.1, 0.15) is 25.5 Å². The van der Waals surface area contributed by atoms with E-state index in [0.717, 1.165) is 0 Å². The fourth-order valence-electron chi connectivity index (χ4n) is 3.25. The van der Waals surface area contributed by atoms with Crippen LogP contribution in [0.15, 0.2) is 48.5 Å². The minimum atomic E-state index is -0.858. The zero-order chi connectivity index (χ0) is 20.8. The SMILES string of the molecule is CCOC(CN1C(=O)[C@@H](NC(=O)Nc2cccc(F)c2)c2ccccc21)OCC. The Hall–Kier alpha value is -2.97. The van der Waals surface area contributed by atoms with Crippen molar-refractivity contribution < 1.29 is 23.5 Å². The molecule has 0 unspecified atom stereocenters. The first-order valence-electron chi connectivity index (χ1n) is 9.50. The van der Waals surface area contributed by atoms with Crippen LogP contribution in [0.3, 0.4) is 0 Å². The number of hydrogen-bond donors (Lipinski definition) is 2. The Morgan fingerprint density at radius 2 is 1.86 bits per heavy atom. The Balaban J connectivity index is 1.75. The Kier molecular flexibility index (Phi) is 6.79. The van der Waals surface area contributed by atoms with Crippen molar-refractivity contribution in [2.75, 3.05) is 30.0 Å². The van der Waals surface area contributed by atoms with E-state index in [1.807, 2.05) is 26.0 Å². The molecule has 1 atom stereocenters. The molecule has 1 aliphatic rings. The maximum absolute atomic E-state index is 13.3. The first-order chi connectivity index (χ1) is 14.0. The normalized spacial score (nSPS) is 15.5. The lowest BCUT2D eigenvalue weighted by Gasteiger charge is -2.24. The predicted molar refractivity (Wildman–Crippen MR) is 107 cm³/mol. The van der Waals surface area contributed by atoms with Crippen LogP contribution >= 0.6 is 0 Å². The maximum atomic E-state index is 13.3. The molecule has 8 heteroatoms. The molecule has 29 heavy (non-hydrogen) atoms. The lowest BCUT2D eigenvalue weighted by atomic mass is 10.1. The molecule has 0 spiro atoms. The quantitative estimate of drug-likeness (QED) is 0.664. The number of rotatable bonds is 8. The highest BCUT2D eigenvalue weighted by Crippen LogP contribution is 2.36. The first-order valence-corrected chi connectivity index (χ1v) is 9.50. The van der Waals surface area contributed by atoms with E-state index < -0.39 is 24.2 Å². The number of para-hydroxylation sites is 1. The Morgan fingerprint density at radius 1 is 1.14 bits per heavy atom. The Labute approximate surface area is 168 Å². The minimum absolute atomic E-state index is 0.210. The standard InChI is InChI=1S/C21H24FN3O4/c1-3-28-18(29-4-2)13-25-17-11-6-5-10-16(17)19(20(25)26)24-21(27)23-15-9-7-8-14(22)12-15/h5-12,18-19H,3-4,13H2,1-2H3,(H2,23,24,27)/t19-/m0/s1. The van der Waals surface area contributed by atoms with Crippen molar-refractivity contribution in [2.24, 2.45) is 0 Å². The van der Waals surface area contributed by atoms with Crippen molar-refractivity contribution in [3.63, 3.8) is 0 Å². The van der Waals surface area contributed by atoms with Crippen molar-refractivity contribution in [1.82, 2.24) is 5.32 Å². The summed E-state index contributed by atoms with van der Waals surface area (Å²) in [6.45, 7) is 4.82. The number of urea groups is 1. The predicted octanol–water partition coefficient (Wildman–Crippen LogP) is 3.43. The maximum Gasteiger partial charge on any atom is 0.320 e. The zero-order valence-corrected chi connectivity index (χ0v) is 16.4. The summed E-state index contributed by atoms with van der Waals surface area (Å²) in [6.07, 6.45) is -0.568. The zero-order valence-electron chi connectivity index (χ0n) is 16.4. The molecule has 7 nitrogen and oxygen atoms in total. The number of fused-ring (bicyclic) bond motifs is 1. The highest BCUT2D eigenvalue weighted by molar-refractivity contribution is 6.07. The number of benzene rings is 2. The van der Waals surface area contributed by atoms with Gasteiger partial charge in [0.05, 0.1) is 6.54 Å². The van der Waals surface area contributed by atoms with Crippen LogP contribution in [0.25, 0.3) is 0 Å². The molecular formula is C21H24FN3O4. The second-order valence-corrected chi connectivity index (χ2v) is 6.39. The van der Waals surface area contributed by atoms with Gasteiger partial charge >= 0.3 is 6.03 Å². The molecule has 0 fully saturated rings. The second-order valence-electron chi connectivity index (χ2n) is 6.39. The fraction of sp³-hybridized carbons (Fsp3) is 0.333. The highest BCUT2D eigenvalue weighted by Gasteiger charge is 2.39. The van der Waals surface area contributed by atoms with Gasteiger partial charge in [0, 0.05) is 30.2 Å². The first kappa shape index (κ1) is 20.8. The Bertz CT molecular complexity index is 871. The molecule has 2 aromatic rings. The number of hydrogen-bond acceptors (Lipinski definition) is 4. The van der Waals surface area contributed by atoms with Gasteiger partial charge in [-0.05, 0) is 38.1 Å². The summed E-state index contributed by atoms with van der Waals surface area (Å²) in [5.41, 5.74) is 1.67. The number of nitrogens with one attached hydrogen (secondary N) is 2. The summed E-state index contributed by atoms with van der Waals surface area (Å²) in [4.78, 5) is 27.0. The van der Waals surface area contributed by atoms with E-state index in [0.29, 0.717) is 30.2 Å². The third kappa shape index (κ3) is 4.90.